The summed E-state index contributed by atoms with van der Waals surface area (Å²) in [6, 6.07) is 12.1. The third kappa shape index (κ3) is 5.81. The highest BCUT2D eigenvalue weighted by Crippen LogP contribution is 2.23. The van der Waals surface area contributed by atoms with Gasteiger partial charge in [-0.2, -0.15) is 0 Å². The molecule has 0 unspecified atom stereocenters. The SMILES string of the molecule is CCC(=O)N(C)Cc1ccc(-c2ccc(C(=O)CCc3ccc(C)nc3)cn2)c(F)c1. The summed E-state index contributed by atoms with van der Waals surface area (Å²) in [5, 5.41) is 0. The topological polar surface area (TPSA) is 63.2 Å². The first kappa shape index (κ1) is 22.3. The lowest BCUT2D eigenvalue weighted by Crippen LogP contribution is -2.25. The zero-order chi connectivity index (χ0) is 22.4. The number of Topliss-reactive ketones (excluding diaryl/α,β-unsaturated/α-hetero) is 1. The maximum atomic E-state index is 14.6. The summed E-state index contributed by atoms with van der Waals surface area (Å²) < 4.78 is 14.6. The molecular formula is C25H26FN3O2. The fourth-order valence-corrected chi connectivity index (χ4v) is 3.26. The standard InChI is InChI=1S/C25H26FN3O2/c1-4-25(31)29(3)16-19-7-10-21(22(26)13-19)23-11-9-20(15-28-23)24(30)12-8-18-6-5-17(2)27-14-18/h5-7,9-11,13-15H,4,8,12,16H2,1-3H3. The van der Waals surface area contributed by atoms with E-state index >= 15 is 0 Å². The van der Waals surface area contributed by atoms with Crippen LogP contribution in [-0.2, 0) is 17.8 Å². The highest BCUT2D eigenvalue weighted by atomic mass is 19.1. The molecule has 0 N–H and O–H groups in total. The average molecular weight is 420 g/mol. The maximum Gasteiger partial charge on any atom is 0.222 e. The first-order chi connectivity index (χ1) is 14.9. The molecule has 3 rings (SSSR count). The molecule has 2 heterocycles. The number of hydrogen-bond donors (Lipinski definition) is 0. The van der Waals surface area contributed by atoms with E-state index in [4.69, 9.17) is 0 Å². The number of aromatic nitrogens is 2. The molecule has 0 bridgehead atoms. The summed E-state index contributed by atoms with van der Waals surface area (Å²) >= 11 is 0. The molecule has 160 valence electrons. The lowest BCUT2D eigenvalue weighted by Gasteiger charge is -2.16. The number of benzene rings is 1. The third-order valence-electron chi connectivity index (χ3n) is 5.16. The molecule has 0 fully saturated rings. The van der Waals surface area contributed by atoms with Gasteiger partial charge in [0.15, 0.2) is 5.78 Å². The summed E-state index contributed by atoms with van der Waals surface area (Å²) in [6.45, 7) is 4.06. The number of carbonyl (C=O) groups excluding carboxylic acids is 2. The first-order valence-corrected chi connectivity index (χ1v) is 10.3. The van der Waals surface area contributed by atoms with Gasteiger partial charge in [0, 0.05) is 55.6 Å². The number of halogens is 1. The van der Waals surface area contributed by atoms with E-state index in [-0.39, 0.29) is 11.7 Å². The third-order valence-corrected chi connectivity index (χ3v) is 5.16. The van der Waals surface area contributed by atoms with Crippen LogP contribution in [0.5, 0.6) is 0 Å². The minimum absolute atomic E-state index is 0.00467. The Kier molecular flexibility index (Phi) is 7.23. The van der Waals surface area contributed by atoms with Gasteiger partial charge in [-0.25, -0.2) is 4.39 Å². The van der Waals surface area contributed by atoms with Crippen LogP contribution in [0.1, 0.15) is 46.9 Å². The zero-order valence-electron chi connectivity index (χ0n) is 18.1. The Hall–Kier alpha value is -3.41. The fraction of sp³-hybridized carbons (Fsp3) is 0.280. The van der Waals surface area contributed by atoms with Crippen molar-refractivity contribution < 1.29 is 14.0 Å². The van der Waals surface area contributed by atoms with Gasteiger partial charge in [0.05, 0.1) is 5.69 Å². The second-order valence-electron chi connectivity index (χ2n) is 7.58. The molecule has 0 atom stereocenters. The van der Waals surface area contributed by atoms with Crippen LogP contribution in [-0.4, -0.2) is 33.6 Å². The van der Waals surface area contributed by atoms with Gasteiger partial charge < -0.3 is 4.90 Å². The van der Waals surface area contributed by atoms with E-state index in [0.717, 1.165) is 11.3 Å². The van der Waals surface area contributed by atoms with Crippen LogP contribution in [0.15, 0.2) is 54.9 Å². The van der Waals surface area contributed by atoms with Crippen LogP contribution in [0.25, 0.3) is 11.3 Å². The second-order valence-corrected chi connectivity index (χ2v) is 7.58. The Morgan fingerprint density at radius 1 is 1.00 bits per heavy atom. The number of hydrogen-bond acceptors (Lipinski definition) is 4. The van der Waals surface area contributed by atoms with E-state index in [1.54, 1.807) is 49.3 Å². The molecular weight excluding hydrogens is 393 g/mol. The summed E-state index contributed by atoms with van der Waals surface area (Å²) in [7, 11) is 1.70. The van der Waals surface area contributed by atoms with Crippen molar-refractivity contribution in [3.05, 3.63) is 83.1 Å². The lowest BCUT2D eigenvalue weighted by atomic mass is 10.0. The summed E-state index contributed by atoms with van der Waals surface area (Å²) in [4.78, 5) is 34.3. The van der Waals surface area contributed by atoms with Gasteiger partial charge >= 0.3 is 0 Å². The molecule has 1 amide bonds. The smallest absolute Gasteiger partial charge is 0.222 e. The molecule has 0 radical (unpaired) electrons. The minimum Gasteiger partial charge on any atom is -0.341 e. The monoisotopic (exact) mass is 419 g/mol. The van der Waals surface area contributed by atoms with E-state index in [1.165, 1.54) is 12.3 Å². The van der Waals surface area contributed by atoms with Crippen molar-refractivity contribution in [3.63, 3.8) is 0 Å². The van der Waals surface area contributed by atoms with Gasteiger partial charge in [-0.15, -0.1) is 0 Å². The van der Waals surface area contributed by atoms with Crippen molar-refractivity contribution >= 4 is 11.7 Å². The lowest BCUT2D eigenvalue weighted by molar-refractivity contribution is -0.130. The first-order valence-electron chi connectivity index (χ1n) is 10.3. The van der Waals surface area contributed by atoms with E-state index in [9.17, 15) is 14.0 Å². The normalized spacial score (nSPS) is 10.7. The Balaban J connectivity index is 1.65. The molecule has 31 heavy (non-hydrogen) atoms. The van der Waals surface area contributed by atoms with Crippen LogP contribution >= 0.6 is 0 Å². The minimum atomic E-state index is -0.409. The molecule has 0 aliphatic heterocycles. The summed E-state index contributed by atoms with van der Waals surface area (Å²) in [5.74, 6) is -0.419. The van der Waals surface area contributed by atoms with Crippen LogP contribution in [0.2, 0.25) is 0 Å². The van der Waals surface area contributed by atoms with Crippen molar-refractivity contribution in [1.82, 2.24) is 14.9 Å². The van der Waals surface area contributed by atoms with Gasteiger partial charge in [0.25, 0.3) is 0 Å². The molecule has 3 aromatic rings. The van der Waals surface area contributed by atoms with E-state index in [0.29, 0.717) is 48.2 Å². The van der Waals surface area contributed by atoms with E-state index in [1.807, 2.05) is 19.1 Å². The van der Waals surface area contributed by atoms with Gasteiger partial charge in [0.1, 0.15) is 5.82 Å². The van der Waals surface area contributed by atoms with Crippen LogP contribution in [0, 0.1) is 12.7 Å². The summed E-state index contributed by atoms with van der Waals surface area (Å²) in [5.41, 5.74) is 3.98. The van der Waals surface area contributed by atoms with Crippen molar-refractivity contribution in [2.24, 2.45) is 0 Å². The number of carbonyl (C=O) groups is 2. The molecule has 0 aliphatic rings. The van der Waals surface area contributed by atoms with Gasteiger partial charge in [-0.05, 0) is 54.8 Å². The highest BCUT2D eigenvalue weighted by Gasteiger charge is 2.12. The molecule has 0 saturated carbocycles. The molecule has 5 nitrogen and oxygen atoms in total. The summed E-state index contributed by atoms with van der Waals surface area (Å²) in [6.07, 6.45) is 4.66. The number of amides is 1. The Morgan fingerprint density at radius 3 is 2.39 bits per heavy atom. The van der Waals surface area contributed by atoms with Crippen LogP contribution in [0.4, 0.5) is 4.39 Å². The fourth-order valence-electron chi connectivity index (χ4n) is 3.26. The van der Waals surface area contributed by atoms with Crippen molar-refractivity contribution in [2.45, 2.75) is 39.7 Å². The van der Waals surface area contributed by atoms with Gasteiger partial charge in [-0.3, -0.25) is 19.6 Å². The van der Waals surface area contributed by atoms with E-state index in [2.05, 4.69) is 9.97 Å². The Morgan fingerprint density at radius 2 is 1.77 bits per heavy atom. The number of rotatable bonds is 8. The number of nitrogens with zero attached hydrogens (tertiary/aromatic N) is 3. The van der Waals surface area contributed by atoms with Crippen molar-refractivity contribution in [2.75, 3.05) is 7.05 Å². The predicted molar refractivity (Wildman–Crippen MR) is 118 cm³/mol. The van der Waals surface area contributed by atoms with Gasteiger partial charge in [-0.1, -0.05) is 19.1 Å². The number of pyridine rings is 2. The Bertz CT molecular complexity index is 1060. The molecule has 0 saturated heterocycles. The largest absolute Gasteiger partial charge is 0.341 e. The Labute approximate surface area is 182 Å². The molecule has 0 spiro atoms. The molecule has 1 aromatic carbocycles. The quantitative estimate of drug-likeness (QED) is 0.493. The molecule has 6 heteroatoms. The maximum absolute atomic E-state index is 14.6. The van der Waals surface area contributed by atoms with Crippen LogP contribution in [0.3, 0.4) is 0 Å². The predicted octanol–water partition coefficient (Wildman–Crippen LogP) is 4.78. The molecule has 2 aromatic heterocycles. The van der Waals surface area contributed by atoms with Gasteiger partial charge in [0.2, 0.25) is 5.91 Å². The van der Waals surface area contributed by atoms with Crippen molar-refractivity contribution in [1.29, 1.82) is 0 Å². The second kappa shape index (κ2) is 10.1. The number of aryl methyl sites for hydroxylation is 2. The van der Waals surface area contributed by atoms with Crippen molar-refractivity contribution in [3.8, 4) is 11.3 Å². The van der Waals surface area contributed by atoms with E-state index < -0.39 is 5.82 Å². The molecule has 0 aliphatic carbocycles. The zero-order valence-corrected chi connectivity index (χ0v) is 18.1. The average Bonchev–Trinajstić information content (AvgIpc) is 2.78. The highest BCUT2D eigenvalue weighted by molar-refractivity contribution is 5.96. The van der Waals surface area contributed by atoms with Crippen LogP contribution < -0.4 is 0 Å². The number of ketones is 1.